The average molecular weight is 702 g/mol. The highest BCUT2D eigenvalue weighted by Gasteiger charge is 2.50. The lowest BCUT2D eigenvalue weighted by molar-refractivity contribution is 0.436. The van der Waals surface area contributed by atoms with Crippen molar-refractivity contribution in [2.75, 3.05) is 0 Å². The summed E-state index contributed by atoms with van der Waals surface area (Å²) in [4.78, 5) is 10.4. The van der Waals surface area contributed by atoms with Crippen molar-refractivity contribution in [3.63, 3.8) is 0 Å². The van der Waals surface area contributed by atoms with E-state index in [1.165, 1.54) is 44.3 Å². The van der Waals surface area contributed by atoms with Crippen LogP contribution in [0.4, 0.5) is 0 Å². The van der Waals surface area contributed by atoms with E-state index in [4.69, 9.17) is 14.7 Å². The van der Waals surface area contributed by atoms with Crippen LogP contribution >= 0.6 is 0 Å². The first-order valence-electron chi connectivity index (χ1n) is 18.7. The van der Waals surface area contributed by atoms with Crippen molar-refractivity contribution in [2.24, 2.45) is 0 Å². The lowest BCUT2D eigenvalue weighted by Gasteiger charge is -2.39. The fraction of sp³-hybridized carbons (Fsp3) is 0.0196. The van der Waals surface area contributed by atoms with Crippen LogP contribution in [0.2, 0.25) is 0 Å². The summed E-state index contributed by atoms with van der Waals surface area (Å²) < 4.78 is 8.75. The molecule has 0 unspecified atom stereocenters. The monoisotopic (exact) mass is 701 g/mol. The van der Waals surface area contributed by atoms with Gasteiger partial charge in [0.1, 0.15) is 11.5 Å². The van der Waals surface area contributed by atoms with Crippen molar-refractivity contribution in [3.8, 4) is 51.0 Å². The summed E-state index contributed by atoms with van der Waals surface area (Å²) in [5, 5.41) is 3.36. The molecule has 4 nitrogen and oxygen atoms in total. The Bertz CT molecular complexity index is 3150. The van der Waals surface area contributed by atoms with Crippen LogP contribution in [0.3, 0.4) is 0 Å². The molecule has 4 heteroatoms. The van der Waals surface area contributed by atoms with Gasteiger partial charge in [0.15, 0.2) is 0 Å². The Morgan fingerprint density at radius 1 is 0.400 bits per heavy atom. The number of ether oxygens (including phenoxy) is 1. The van der Waals surface area contributed by atoms with Gasteiger partial charge in [-0.15, -0.1) is 0 Å². The third-order valence-corrected chi connectivity index (χ3v) is 11.7. The molecule has 256 valence electrons. The van der Waals surface area contributed by atoms with Crippen LogP contribution in [0.25, 0.3) is 72.2 Å². The molecule has 0 saturated carbocycles. The van der Waals surface area contributed by atoms with Crippen LogP contribution in [0.1, 0.15) is 22.3 Å². The first-order valence-corrected chi connectivity index (χ1v) is 18.7. The second-order valence-corrected chi connectivity index (χ2v) is 14.5. The van der Waals surface area contributed by atoms with Gasteiger partial charge in [0.2, 0.25) is 5.95 Å². The zero-order valence-corrected chi connectivity index (χ0v) is 29.6. The Morgan fingerprint density at radius 2 is 1.00 bits per heavy atom. The SMILES string of the molecule is c1ccc(-c2nc(-n3c4ccccc4c4cc(-c5ccc6c(c5)-c5ccccc5C65c6ccccc6Oc6ccccc65)ccc43)nc3ccccc23)cc1. The number of rotatable bonds is 3. The molecule has 0 amide bonds. The second-order valence-electron chi connectivity index (χ2n) is 14.5. The maximum absolute atomic E-state index is 6.54. The van der Waals surface area contributed by atoms with Crippen LogP contribution in [0.5, 0.6) is 11.5 Å². The molecule has 0 fully saturated rings. The molecular formula is C51H31N3O. The van der Waals surface area contributed by atoms with E-state index >= 15 is 0 Å². The van der Waals surface area contributed by atoms with Gasteiger partial charge in [-0.25, -0.2) is 9.97 Å². The molecule has 3 heterocycles. The van der Waals surface area contributed by atoms with Gasteiger partial charge in [0, 0.05) is 32.8 Å². The fourth-order valence-corrected chi connectivity index (χ4v) is 9.39. The molecule has 1 aliphatic carbocycles. The predicted molar refractivity (Wildman–Crippen MR) is 222 cm³/mol. The van der Waals surface area contributed by atoms with Gasteiger partial charge in [0.25, 0.3) is 0 Å². The maximum Gasteiger partial charge on any atom is 0.235 e. The first-order chi connectivity index (χ1) is 27.3. The van der Waals surface area contributed by atoms with Gasteiger partial charge >= 0.3 is 0 Å². The van der Waals surface area contributed by atoms with Crippen LogP contribution in [0, 0.1) is 0 Å². The number of benzene rings is 8. The molecular weight excluding hydrogens is 671 g/mol. The topological polar surface area (TPSA) is 39.9 Å². The van der Waals surface area contributed by atoms with Gasteiger partial charge in [-0.2, -0.15) is 0 Å². The molecule has 0 radical (unpaired) electrons. The highest BCUT2D eigenvalue weighted by Crippen LogP contribution is 2.62. The zero-order chi connectivity index (χ0) is 36.1. The molecule has 2 aromatic heterocycles. The van der Waals surface area contributed by atoms with Gasteiger partial charge in [-0.3, -0.25) is 4.57 Å². The van der Waals surface area contributed by atoms with Gasteiger partial charge in [-0.05, 0) is 75.8 Å². The Labute approximate surface area is 317 Å². The summed E-state index contributed by atoms with van der Waals surface area (Å²) in [6, 6.07) is 67.1. The molecule has 10 aromatic rings. The largest absolute Gasteiger partial charge is 0.457 e. The second kappa shape index (κ2) is 11.3. The van der Waals surface area contributed by atoms with Crippen molar-refractivity contribution in [1.29, 1.82) is 0 Å². The zero-order valence-electron chi connectivity index (χ0n) is 29.6. The van der Waals surface area contributed by atoms with Crippen molar-refractivity contribution in [3.05, 3.63) is 210 Å². The number of aromatic nitrogens is 3. The maximum atomic E-state index is 6.54. The third kappa shape index (κ3) is 4.16. The molecule has 0 atom stereocenters. The number of nitrogens with zero attached hydrogens (tertiary/aromatic N) is 3. The summed E-state index contributed by atoms with van der Waals surface area (Å²) in [6.45, 7) is 0. The molecule has 1 spiro atoms. The van der Waals surface area contributed by atoms with E-state index in [-0.39, 0.29) is 0 Å². The standard InChI is InChI=1S/C51H31N3O/c1-2-14-32(15-3-1)49-37-18-5-10-22-44(37)52-50(53-49)54-45-23-11-6-17-36(45)39-31-34(27-29-46(39)54)33-26-28-41-38(30-33)35-16-4-7-19-40(35)51(41)42-20-8-12-24-47(42)55-48-25-13-9-21-43(48)51/h1-31H. The third-order valence-electron chi connectivity index (χ3n) is 11.7. The Hall–Kier alpha value is -7.30. The van der Waals surface area contributed by atoms with Crippen LogP contribution in [-0.4, -0.2) is 14.5 Å². The van der Waals surface area contributed by atoms with Crippen LogP contribution < -0.4 is 4.74 Å². The number of fused-ring (bicyclic) bond motifs is 13. The van der Waals surface area contributed by atoms with Crippen molar-refractivity contribution in [2.45, 2.75) is 5.41 Å². The highest BCUT2D eigenvalue weighted by molar-refractivity contribution is 6.10. The smallest absolute Gasteiger partial charge is 0.235 e. The Balaban J connectivity index is 1.06. The minimum Gasteiger partial charge on any atom is -0.457 e. The number of hydrogen-bond donors (Lipinski definition) is 0. The van der Waals surface area contributed by atoms with E-state index in [0.717, 1.165) is 55.6 Å². The molecule has 8 aromatic carbocycles. The van der Waals surface area contributed by atoms with Gasteiger partial charge in [0.05, 0.1) is 27.7 Å². The van der Waals surface area contributed by atoms with Crippen LogP contribution in [-0.2, 0) is 5.41 Å². The van der Waals surface area contributed by atoms with Gasteiger partial charge in [-0.1, -0.05) is 146 Å². The van der Waals surface area contributed by atoms with Crippen molar-refractivity contribution < 1.29 is 4.74 Å². The minimum absolute atomic E-state index is 0.480. The number of para-hydroxylation sites is 4. The summed E-state index contributed by atoms with van der Waals surface area (Å²) in [5.41, 5.74) is 14.3. The average Bonchev–Trinajstić information content (AvgIpc) is 3.74. The Kier molecular flexibility index (Phi) is 6.23. The lowest BCUT2D eigenvalue weighted by atomic mass is 9.66. The lowest BCUT2D eigenvalue weighted by Crippen LogP contribution is -2.32. The van der Waals surface area contributed by atoms with E-state index in [1.807, 2.05) is 12.1 Å². The van der Waals surface area contributed by atoms with Gasteiger partial charge < -0.3 is 4.74 Å². The summed E-state index contributed by atoms with van der Waals surface area (Å²) in [7, 11) is 0. The van der Waals surface area contributed by atoms with E-state index in [9.17, 15) is 0 Å². The molecule has 55 heavy (non-hydrogen) atoms. The summed E-state index contributed by atoms with van der Waals surface area (Å²) >= 11 is 0. The molecule has 2 aliphatic rings. The Morgan fingerprint density at radius 3 is 1.82 bits per heavy atom. The summed E-state index contributed by atoms with van der Waals surface area (Å²) in [6.07, 6.45) is 0. The fourth-order valence-electron chi connectivity index (χ4n) is 9.39. The predicted octanol–water partition coefficient (Wildman–Crippen LogP) is 12.5. The van der Waals surface area contributed by atoms with E-state index in [2.05, 4.69) is 180 Å². The minimum atomic E-state index is -0.480. The van der Waals surface area contributed by atoms with Crippen molar-refractivity contribution >= 4 is 32.7 Å². The highest BCUT2D eigenvalue weighted by atomic mass is 16.5. The molecule has 1 aliphatic heterocycles. The number of hydrogen-bond acceptors (Lipinski definition) is 3. The van der Waals surface area contributed by atoms with E-state index in [1.54, 1.807) is 0 Å². The van der Waals surface area contributed by atoms with Crippen molar-refractivity contribution in [1.82, 2.24) is 14.5 Å². The molecule has 0 saturated heterocycles. The van der Waals surface area contributed by atoms with Crippen LogP contribution in [0.15, 0.2) is 188 Å². The first kappa shape index (κ1) is 30.2. The van der Waals surface area contributed by atoms with E-state index < -0.39 is 5.41 Å². The molecule has 0 bridgehead atoms. The normalized spacial score (nSPS) is 13.4. The molecule has 12 rings (SSSR count). The molecule has 0 N–H and O–H groups in total. The quantitative estimate of drug-likeness (QED) is 0.184. The van der Waals surface area contributed by atoms with E-state index in [0.29, 0.717) is 5.95 Å². The summed E-state index contributed by atoms with van der Waals surface area (Å²) in [5.74, 6) is 2.47.